The Morgan fingerprint density at radius 2 is 2.40 bits per heavy atom. The van der Waals surface area contributed by atoms with E-state index in [9.17, 15) is 0 Å². The maximum Gasteiger partial charge on any atom is 0.104 e. The highest BCUT2D eigenvalue weighted by Gasteiger charge is 2.24. The Morgan fingerprint density at radius 3 is 3.00 bits per heavy atom. The number of nitrogens with zero attached hydrogens (tertiary/aromatic N) is 3. The van der Waals surface area contributed by atoms with Crippen LogP contribution in [-0.2, 0) is 6.42 Å². The van der Waals surface area contributed by atoms with Crippen molar-refractivity contribution >= 4 is 0 Å². The van der Waals surface area contributed by atoms with Gasteiger partial charge in [0.05, 0.1) is 6.20 Å². The van der Waals surface area contributed by atoms with Gasteiger partial charge < -0.3 is 5.73 Å². The molecule has 15 heavy (non-hydrogen) atoms. The summed E-state index contributed by atoms with van der Waals surface area (Å²) >= 11 is 0. The first-order chi connectivity index (χ1) is 7.24. The number of likely N-dealkylation sites (tertiary alicyclic amines) is 1. The Bertz CT molecular complexity index is 331. The van der Waals surface area contributed by atoms with Crippen molar-refractivity contribution in [2.45, 2.75) is 32.4 Å². The molecular formula is C11H20N4. The Labute approximate surface area is 91.1 Å². The fraction of sp³-hybridized carbons (Fsp3) is 0.727. The first-order valence-electron chi connectivity index (χ1n) is 5.67. The first kappa shape index (κ1) is 10.6. The van der Waals surface area contributed by atoms with E-state index in [1.807, 2.05) is 6.20 Å². The summed E-state index contributed by atoms with van der Waals surface area (Å²) in [5, 5.41) is 4.49. The number of hydrogen-bond donors (Lipinski definition) is 1. The summed E-state index contributed by atoms with van der Waals surface area (Å²) in [4.78, 5) is 2.37. The smallest absolute Gasteiger partial charge is 0.104 e. The Kier molecular flexibility index (Phi) is 3.07. The fourth-order valence-electron chi connectivity index (χ4n) is 2.36. The third-order valence-corrected chi connectivity index (χ3v) is 3.32. The zero-order valence-electron chi connectivity index (χ0n) is 9.61. The van der Waals surface area contributed by atoms with Gasteiger partial charge in [-0.15, -0.1) is 0 Å². The highest BCUT2D eigenvalue weighted by atomic mass is 15.4. The van der Waals surface area contributed by atoms with Crippen LogP contribution in [0.3, 0.4) is 0 Å². The van der Waals surface area contributed by atoms with Crippen molar-refractivity contribution in [3.63, 3.8) is 0 Å². The van der Waals surface area contributed by atoms with Gasteiger partial charge in [0.15, 0.2) is 0 Å². The lowest BCUT2D eigenvalue weighted by molar-refractivity contribution is 0.217. The van der Waals surface area contributed by atoms with Crippen LogP contribution in [0, 0.1) is 6.92 Å². The van der Waals surface area contributed by atoms with Crippen molar-refractivity contribution in [2.75, 3.05) is 20.1 Å². The van der Waals surface area contributed by atoms with Crippen LogP contribution in [0.2, 0.25) is 0 Å². The summed E-state index contributed by atoms with van der Waals surface area (Å²) < 4.78 is 2.15. The molecule has 0 aromatic carbocycles. The quantitative estimate of drug-likeness (QED) is 0.803. The van der Waals surface area contributed by atoms with Gasteiger partial charge >= 0.3 is 0 Å². The zero-order valence-corrected chi connectivity index (χ0v) is 9.61. The van der Waals surface area contributed by atoms with Crippen LogP contribution in [0.15, 0.2) is 6.20 Å². The summed E-state index contributed by atoms with van der Waals surface area (Å²) in [5.74, 6) is 0. The summed E-state index contributed by atoms with van der Waals surface area (Å²) in [7, 11) is 2.17. The first-order valence-corrected chi connectivity index (χ1v) is 5.67. The second-order valence-corrected chi connectivity index (χ2v) is 4.34. The van der Waals surface area contributed by atoms with E-state index in [4.69, 9.17) is 5.73 Å². The molecule has 1 aliphatic heterocycles. The Morgan fingerprint density at radius 1 is 1.60 bits per heavy atom. The molecule has 1 aromatic rings. The maximum atomic E-state index is 5.57. The number of aromatic nitrogens is 2. The monoisotopic (exact) mass is 208 g/mol. The van der Waals surface area contributed by atoms with E-state index in [1.165, 1.54) is 30.6 Å². The van der Waals surface area contributed by atoms with Crippen LogP contribution in [0.25, 0.3) is 0 Å². The summed E-state index contributed by atoms with van der Waals surface area (Å²) in [6, 6.07) is 0. The van der Waals surface area contributed by atoms with Gasteiger partial charge in [0.2, 0.25) is 0 Å². The lowest BCUT2D eigenvalue weighted by atomic mass is 10.2. The molecule has 0 radical (unpaired) electrons. The van der Waals surface area contributed by atoms with Gasteiger partial charge in [-0.05, 0) is 51.9 Å². The molecule has 0 amide bonds. The third kappa shape index (κ3) is 1.92. The Balaban J connectivity index is 2.21. The second-order valence-electron chi connectivity index (χ2n) is 4.34. The van der Waals surface area contributed by atoms with E-state index >= 15 is 0 Å². The largest absolute Gasteiger partial charge is 0.330 e. The molecule has 1 fully saturated rings. The molecule has 2 N–H and O–H groups in total. The van der Waals surface area contributed by atoms with Crippen molar-refractivity contribution in [2.24, 2.45) is 5.73 Å². The second kappa shape index (κ2) is 4.33. The topological polar surface area (TPSA) is 47.1 Å². The van der Waals surface area contributed by atoms with Gasteiger partial charge in [-0.2, -0.15) is 5.10 Å². The van der Waals surface area contributed by atoms with Crippen LogP contribution in [-0.4, -0.2) is 34.8 Å². The van der Waals surface area contributed by atoms with E-state index < -0.39 is 0 Å². The third-order valence-electron chi connectivity index (χ3n) is 3.32. The van der Waals surface area contributed by atoms with Crippen LogP contribution >= 0.6 is 0 Å². The summed E-state index contributed by atoms with van der Waals surface area (Å²) in [6.45, 7) is 4.02. The molecule has 1 unspecified atom stereocenters. The standard InChI is InChI=1S/C11H20N4/c1-9-10(5-6-12)8-13-15(9)11-4-3-7-14(11)2/h8,11H,3-7,12H2,1-2H3. The van der Waals surface area contributed by atoms with Gasteiger partial charge in [0.25, 0.3) is 0 Å². The van der Waals surface area contributed by atoms with Crippen LogP contribution < -0.4 is 5.73 Å². The molecule has 0 bridgehead atoms. The minimum atomic E-state index is 0.455. The van der Waals surface area contributed by atoms with Crippen molar-refractivity contribution in [3.8, 4) is 0 Å². The zero-order chi connectivity index (χ0) is 10.8. The average Bonchev–Trinajstić information content (AvgIpc) is 2.76. The minimum Gasteiger partial charge on any atom is -0.330 e. The minimum absolute atomic E-state index is 0.455. The molecule has 2 rings (SSSR count). The lowest BCUT2D eigenvalue weighted by Crippen LogP contribution is -2.24. The summed E-state index contributed by atoms with van der Waals surface area (Å²) in [5.41, 5.74) is 8.14. The van der Waals surface area contributed by atoms with E-state index in [1.54, 1.807) is 0 Å². The van der Waals surface area contributed by atoms with E-state index in [0.717, 1.165) is 6.42 Å². The molecule has 1 saturated heterocycles. The van der Waals surface area contributed by atoms with E-state index in [2.05, 4.69) is 28.7 Å². The predicted octanol–water partition coefficient (Wildman–Crippen LogP) is 0.917. The molecule has 4 nitrogen and oxygen atoms in total. The number of rotatable bonds is 3. The van der Waals surface area contributed by atoms with Crippen LogP contribution in [0.4, 0.5) is 0 Å². The van der Waals surface area contributed by atoms with Gasteiger partial charge in [-0.25, -0.2) is 0 Å². The summed E-state index contributed by atoms with van der Waals surface area (Å²) in [6.07, 6.45) is 5.83. The molecule has 2 heterocycles. The predicted molar refractivity (Wildman–Crippen MR) is 60.6 cm³/mol. The van der Waals surface area contributed by atoms with Gasteiger partial charge in [-0.1, -0.05) is 0 Å². The molecular weight excluding hydrogens is 188 g/mol. The van der Waals surface area contributed by atoms with Crippen molar-refractivity contribution in [1.82, 2.24) is 14.7 Å². The molecule has 4 heteroatoms. The molecule has 0 saturated carbocycles. The molecule has 0 spiro atoms. The average molecular weight is 208 g/mol. The number of nitrogens with two attached hydrogens (primary N) is 1. The molecule has 0 aliphatic carbocycles. The Hall–Kier alpha value is -0.870. The van der Waals surface area contributed by atoms with E-state index in [-0.39, 0.29) is 0 Å². The highest BCUT2D eigenvalue weighted by Crippen LogP contribution is 2.26. The van der Waals surface area contributed by atoms with Gasteiger partial charge in [0, 0.05) is 5.69 Å². The molecule has 1 atom stereocenters. The lowest BCUT2D eigenvalue weighted by Gasteiger charge is -2.21. The van der Waals surface area contributed by atoms with Crippen LogP contribution in [0.1, 0.15) is 30.3 Å². The molecule has 1 aliphatic rings. The van der Waals surface area contributed by atoms with E-state index in [0.29, 0.717) is 12.7 Å². The maximum absolute atomic E-state index is 5.57. The fourth-order valence-corrected chi connectivity index (χ4v) is 2.36. The van der Waals surface area contributed by atoms with Gasteiger partial charge in [-0.3, -0.25) is 9.58 Å². The van der Waals surface area contributed by atoms with Crippen molar-refractivity contribution in [3.05, 3.63) is 17.5 Å². The molecule has 1 aromatic heterocycles. The highest BCUT2D eigenvalue weighted by molar-refractivity contribution is 5.17. The molecule has 84 valence electrons. The normalized spacial score (nSPS) is 22.5. The SMILES string of the molecule is Cc1c(CCN)cnn1C1CCCN1C. The van der Waals surface area contributed by atoms with Crippen LogP contribution in [0.5, 0.6) is 0 Å². The van der Waals surface area contributed by atoms with Gasteiger partial charge in [0.1, 0.15) is 6.17 Å². The number of hydrogen-bond acceptors (Lipinski definition) is 3. The van der Waals surface area contributed by atoms with Crippen molar-refractivity contribution < 1.29 is 0 Å². The van der Waals surface area contributed by atoms with Crippen molar-refractivity contribution in [1.29, 1.82) is 0 Å².